The summed E-state index contributed by atoms with van der Waals surface area (Å²) in [5, 5.41) is 10.1. The summed E-state index contributed by atoms with van der Waals surface area (Å²) < 4.78 is 34.2. The van der Waals surface area contributed by atoms with Gasteiger partial charge in [0.05, 0.1) is 21.0 Å². The molecule has 1 aromatic heterocycles. The van der Waals surface area contributed by atoms with E-state index in [1.54, 1.807) is 13.0 Å². The lowest BCUT2D eigenvalue weighted by Crippen LogP contribution is -2.48. The van der Waals surface area contributed by atoms with Crippen LogP contribution in [0.2, 0.25) is 10.0 Å². The van der Waals surface area contributed by atoms with Gasteiger partial charge in [0.2, 0.25) is 15.8 Å². The lowest BCUT2D eigenvalue weighted by molar-refractivity contribution is -0.147. The smallest absolute Gasteiger partial charge is 0.327 e. The molecule has 0 saturated carbocycles. The number of nitrogens with one attached hydrogen (secondary N) is 1. The average molecular weight is 491 g/mol. The van der Waals surface area contributed by atoms with Crippen LogP contribution in [0.1, 0.15) is 35.6 Å². The molecule has 0 bridgehead atoms. The Kier molecular flexibility index (Phi) is 8.29. The number of hydrogen-bond donors (Lipinski definition) is 2. The van der Waals surface area contributed by atoms with Crippen LogP contribution in [0.5, 0.6) is 0 Å². The monoisotopic (exact) mass is 490 g/mol. The zero-order chi connectivity index (χ0) is 23.5. The van der Waals surface area contributed by atoms with Gasteiger partial charge in [0.25, 0.3) is 0 Å². The number of aliphatic hydroxyl groups excluding tert-OH is 1. The number of aryl methyl sites for hydroxylation is 1. The van der Waals surface area contributed by atoms with Crippen molar-refractivity contribution < 1.29 is 27.9 Å². The molecule has 0 amide bonds. The largest absolute Gasteiger partial charge is 0.456 e. The van der Waals surface area contributed by atoms with Crippen LogP contribution in [-0.2, 0) is 26.1 Å². The van der Waals surface area contributed by atoms with E-state index in [0.717, 1.165) is 17.5 Å². The van der Waals surface area contributed by atoms with Gasteiger partial charge < -0.3 is 14.4 Å². The van der Waals surface area contributed by atoms with Crippen molar-refractivity contribution in [2.45, 2.75) is 51.3 Å². The summed E-state index contributed by atoms with van der Waals surface area (Å²) in [5.41, 5.74) is 2.05. The number of aliphatic hydroxyl groups is 1. The van der Waals surface area contributed by atoms with Crippen LogP contribution in [0.4, 0.5) is 0 Å². The Bertz CT molecular complexity index is 1100. The number of nitrogens with zero attached hydrogens (tertiary/aromatic N) is 1. The fourth-order valence-corrected chi connectivity index (χ4v) is 4.74. The Morgan fingerprint density at radius 3 is 2.35 bits per heavy atom. The molecule has 0 radical (unpaired) electrons. The molecule has 31 heavy (non-hydrogen) atoms. The minimum absolute atomic E-state index is 0.0102. The summed E-state index contributed by atoms with van der Waals surface area (Å²) in [4.78, 5) is 24.7. The molecule has 0 aliphatic heterocycles. The van der Waals surface area contributed by atoms with E-state index in [1.165, 1.54) is 19.1 Å². The van der Waals surface area contributed by atoms with Gasteiger partial charge in [0, 0.05) is 23.5 Å². The number of aromatic nitrogens is 1. The second-order valence-corrected chi connectivity index (χ2v) is 9.50. The van der Waals surface area contributed by atoms with Crippen LogP contribution in [0.25, 0.3) is 0 Å². The molecule has 11 heteroatoms. The van der Waals surface area contributed by atoms with Gasteiger partial charge in [-0.15, -0.1) is 0 Å². The van der Waals surface area contributed by atoms with Gasteiger partial charge in [0.1, 0.15) is 6.04 Å². The second-order valence-electron chi connectivity index (χ2n) is 6.98. The number of ketones is 1. The predicted octanol–water partition coefficient (Wildman–Crippen LogP) is 2.89. The van der Waals surface area contributed by atoms with Gasteiger partial charge >= 0.3 is 5.97 Å². The summed E-state index contributed by atoms with van der Waals surface area (Å²) in [6.45, 7) is 6.91. The number of sulfonamides is 1. The van der Waals surface area contributed by atoms with Crippen molar-refractivity contribution in [1.82, 2.24) is 9.29 Å². The second kappa shape index (κ2) is 10.1. The van der Waals surface area contributed by atoms with E-state index in [4.69, 9.17) is 27.9 Å². The maximum absolute atomic E-state index is 12.6. The molecule has 0 aliphatic rings. The van der Waals surface area contributed by atoms with Crippen molar-refractivity contribution in [3.63, 3.8) is 0 Å². The number of benzene rings is 1. The van der Waals surface area contributed by atoms with E-state index in [1.807, 2.05) is 18.4 Å². The first kappa shape index (κ1) is 25.4. The van der Waals surface area contributed by atoms with Crippen LogP contribution >= 0.6 is 23.2 Å². The van der Waals surface area contributed by atoms with Crippen molar-refractivity contribution in [3.05, 3.63) is 51.3 Å². The number of esters is 1. The maximum Gasteiger partial charge on any atom is 0.327 e. The van der Waals surface area contributed by atoms with Crippen LogP contribution < -0.4 is 4.72 Å². The van der Waals surface area contributed by atoms with Crippen molar-refractivity contribution in [1.29, 1.82) is 0 Å². The third-order valence-electron chi connectivity index (χ3n) is 4.76. The van der Waals surface area contributed by atoms with Gasteiger partial charge in [-0.05, 0) is 52.0 Å². The Morgan fingerprint density at radius 2 is 1.84 bits per heavy atom. The average Bonchev–Trinajstić information content (AvgIpc) is 2.99. The zero-order valence-corrected chi connectivity index (χ0v) is 19.8. The van der Waals surface area contributed by atoms with Gasteiger partial charge in [-0.1, -0.05) is 23.2 Å². The number of carbonyl (C=O) groups excluding carboxylic acids is 2. The summed E-state index contributed by atoms with van der Waals surface area (Å²) in [6.07, 6.45) is -1.43. The van der Waals surface area contributed by atoms with Crippen molar-refractivity contribution in [2.24, 2.45) is 0 Å². The molecule has 8 nitrogen and oxygen atoms in total. The number of carbonyl (C=O) groups is 2. The molecule has 2 aromatic rings. The minimum atomic E-state index is -4.23. The Hall–Kier alpha value is -1.91. The molecule has 2 N–H and O–H groups in total. The zero-order valence-electron chi connectivity index (χ0n) is 17.5. The van der Waals surface area contributed by atoms with Crippen molar-refractivity contribution in [3.8, 4) is 0 Å². The first-order valence-corrected chi connectivity index (χ1v) is 11.6. The third kappa shape index (κ3) is 5.87. The van der Waals surface area contributed by atoms with Crippen LogP contribution in [0, 0.1) is 13.8 Å². The van der Waals surface area contributed by atoms with Crippen LogP contribution in [0.3, 0.4) is 0 Å². The van der Waals surface area contributed by atoms with E-state index < -0.39 is 40.5 Å². The summed E-state index contributed by atoms with van der Waals surface area (Å²) in [5.74, 6) is -1.52. The van der Waals surface area contributed by atoms with Crippen molar-refractivity contribution >= 4 is 45.0 Å². The number of rotatable bonds is 9. The van der Waals surface area contributed by atoms with Crippen molar-refractivity contribution in [2.75, 3.05) is 6.61 Å². The third-order valence-corrected chi connectivity index (χ3v) is 6.93. The molecular weight excluding hydrogens is 467 g/mol. The molecule has 1 aromatic carbocycles. The molecule has 170 valence electrons. The number of ether oxygens (including phenoxy) is 1. The fourth-order valence-electron chi connectivity index (χ4n) is 3.10. The topological polar surface area (TPSA) is 115 Å². The lowest BCUT2D eigenvalue weighted by atomic mass is 10.1. The first-order chi connectivity index (χ1) is 14.4. The highest BCUT2D eigenvalue weighted by Crippen LogP contribution is 2.25. The van der Waals surface area contributed by atoms with Gasteiger partial charge in [-0.2, -0.15) is 4.72 Å². The molecule has 2 unspecified atom stereocenters. The number of halogens is 2. The predicted molar refractivity (Wildman–Crippen MR) is 117 cm³/mol. The SMILES string of the molecule is CCn1c(C)cc(C(=O)COC(=O)C(NS(=O)(=O)c2ccc(Cl)c(Cl)c2)C(C)O)c1C. The first-order valence-electron chi connectivity index (χ1n) is 9.41. The standard InChI is InChI=1S/C20H24Cl2N2O6S/c1-5-24-11(2)8-15(12(24)3)18(26)10-30-20(27)19(13(4)25)23-31(28,29)14-6-7-16(21)17(22)9-14/h6-9,13,19,23,25H,5,10H2,1-4H3. The fraction of sp³-hybridized carbons (Fsp3) is 0.400. The van der Waals surface area contributed by atoms with Crippen LogP contribution in [-0.4, -0.2) is 48.6 Å². The molecule has 0 spiro atoms. The quantitative estimate of drug-likeness (QED) is 0.412. The Labute approximate surface area is 191 Å². The van der Waals surface area contributed by atoms with E-state index >= 15 is 0 Å². The van der Waals surface area contributed by atoms with E-state index in [9.17, 15) is 23.1 Å². The molecule has 2 rings (SSSR count). The highest BCUT2D eigenvalue weighted by Gasteiger charge is 2.32. The molecule has 1 heterocycles. The molecule has 2 atom stereocenters. The van der Waals surface area contributed by atoms with Gasteiger partial charge in [-0.25, -0.2) is 8.42 Å². The van der Waals surface area contributed by atoms with Crippen LogP contribution in [0.15, 0.2) is 29.2 Å². The minimum Gasteiger partial charge on any atom is -0.456 e. The Morgan fingerprint density at radius 1 is 1.19 bits per heavy atom. The normalized spacial score (nSPS) is 13.6. The van der Waals surface area contributed by atoms with E-state index in [0.29, 0.717) is 12.1 Å². The summed E-state index contributed by atoms with van der Waals surface area (Å²) >= 11 is 11.7. The number of Topliss-reactive ketones (excluding diaryl/α,β-unsaturated/α-hetero) is 1. The van der Waals surface area contributed by atoms with Gasteiger partial charge in [-0.3, -0.25) is 9.59 Å². The molecule has 0 saturated heterocycles. The molecular formula is C20H24Cl2N2O6S. The lowest BCUT2D eigenvalue weighted by Gasteiger charge is -2.20. The summed E-state index contributed by atoms with van der Waals surface area (Å²) in [7, 11) is -4.23. The van der Waals surface area contributed by atoms with Gasteiger partial charge in [0.15, 0.2) is 6.61 Å². The molecule has 0 aliphatic carbocycles. The maximum atomic E-state index is 12.6. The summed E-state index contributed by atoms with van der Waals surface area (Å²) in [6, 6.07) is 3.68. The highest BCUT2D eigenvalue weighted by atomic mass is 35.5. The molecule has 0 fully saturated rings. The number of hydrogen-bond acceptors (Lipinski definition) is 6. The Balaban J connectivity index is 2.13. The van der Waals surface area contributed by atoms with E-state index in [2.05, 4.69) is 4.72 Å². The highest BCUT2D eigenvalue weighted by molar-refractivity contribution is 7.89. The van der Waals surface area contributed by atoms with E-state index in [-0.39, 0.29) is 14.9 Å².